The molecule has 0 saturated carbocycles. The Labute approximate surface area is 90.1 Å². The van der Waals surface area contributed by atoms with Gasteiger partial charge < -0.3 is 0 Å². The van der Waals surface area contributed by atoms with Crippen LogP contribution in [0.15, 0.2) is 12.2 Å². The normalized spacial score (nSPS) is 30.1. The van der Waals surface area contributed by atoms with Crippen LogP contribution in [0.1, 0.15) is 44.9 Å². The number of likely N-dealkylation sites (tertiary alicyclic amines) is 1. The van der Waals surface area contributed by atoms with E-state index in [9.17, 15) is 9.59 Å². The maximum atomic E-state index is 11.6. The molecular weight excluding hydrogens is 190 g/mol. The molecule has 1 fully saturated rings. The van der Waals surface area contributed by atoms with E-state index in [0.717, 1.165) is 32.1 Å². The minimum absolute atomic E-state index is 0.0366. The fourth-order valence-corrected chi connectivity index (χ4v) is 2.40. The molecule has 0 aromatic heterocycles. The average molecular weight is 207 g/mol. The molecule has 3 nitrogen and oxygen atoms in total. The highest BCUT2D eigenvalue weighted by atomic mass is 16.2. The van der Waals surface area contributed by atoms with Gasteiger partial charge in [-0.2, -0.15) is 0 Å². The van der Waals surface area contributed by atoms with Crippen LogP contribution in [0.25, 0.3) is 0 Å². The van der Waals surface area contributed by atoms with Gasteiger partial charge in [-0.25, -0.2) is 0 Å². The van der Waals surface area contributed by atoms with Crippen molar-refractivity contribution >= 4 is 11.8 Å². The van der Waals surface area contributed by atoms with E-state index in [-0.39, 0.29) is 17.9 Å². The molecule has 1 saturated heterocycles. The summed E-state index contributed by atoms with van der Waals surface area (Å²) in [6.45, 7) is 0. The SMILES string of the molecule is O=C1CCC(=O)N1C1CC/C=C/CCC1. The zero-order chi connectivity index (χ0) is 10.7. The summed E-state index contributed by atoms with van der Waals surface area (Å²) < 4.78 is 0. The van der Waals surface area contributed by atoms with Crippen LogP contribution < -0.4 is 0 Å². The fraction of sp³-hybridized carbons (Fsp3) is 0.667. The summed E-state index contributed by atoms with van der Waals surface area (Å²) in [5.74, 6) is 0.0732. The maximum absolute atomic E-state index is 11.6. The first-order valence-electron chi connectivity index (χ1n) is 5.79. The summed E-state index contributed by atoms with van der Waals surface area (Å²) in [6.07, 6.45) is 10.3. The van der Waals surface area contributed by atoms with Gasteiger partial charge in [0.2, 0.25) is 11.8 Å². The van der Waals surface area contributed by atoms with Gasteiger partial charge in [-0.1, -0.05) is 12.2 Å². The monoisotopic (exact) mass is 207 g/mol. The highest BCUT2D eigenvalue weighted by molar-refractivity contribution is 6.02. The largest absolute Gasteiger partial charge is 0.279 e. The van der Waals surface area contributed by atoms with Gasteiger partial charge in [0, 0.05) is 18.9 Å². The molecule has 0 bridgehead atoms. The predicted octanol–water partition coefficient (Wildman–Crippen LogP) is 2.02. The molecule has 1 unspecified atom stereocenters. The number of amides is 2. The molecule has 82 valence electrons. The van der Waals surface area contributed by atoms with E-state index in [4.69, 9.17) is 0 Å². The number of carbonyl (C=O) groups is 2. The van der Waals surface area contributed by atoms with Crippen molar-refractivity contribution in [2.24, 2.45) is 0 Å². The Hall–Kier alpha value is -1.12. The summed E-state index contributed by atoms with van der Waals surface area (Å²) in [7, 11) is 0. The molecule has 0 radical (unpaired) electrons. The summed E-state index contributed by atoms with van der Waals surface area (Å²) in [4.78, 5) is 24.7. The first-order chi connectivity index (χ1) is 7.29. The Bertz CT molecular complexity index is 280. The number of carbonyl (C=O) groups excluding carboxylic acids is 2. The van der Waals surface area contributed by atoms with Crippen molar-refractivity contribution in [3.8, 4) is 0 Å². The van der Waals surface area contributed by atoms with Crippen LogP contribution in [0, 0.1) is 0 Å². The van der Waals surface area contributed by atoms with Gasteiger partial charge in [0.15, 0.2) is 0 Å². The van der Waals surface area contributed by atoms with Crippen LogP contribution in [0.5, 0.6) is 0 Å². The smallest absolute Gasteiger partial charge is 0.229 e. The second-order valence-corrected chi connectivity index (χ2v) is 4.29. The third-order valence-corrected chi connectivity index (χ3v) is 3.20. The molecule has 0 N–H and O–H groups in total. The predicted molar refractivity (Wildman–Crippen MR) is 57.1 cm³/mol. The zero-order valence-electron chi connectivity index (χ0n) is 8.95. The second kappa shape index (κ2) is 4.60. The first-order valence-corrected chi connectivity index (χ1v) is 5.79. The Kier molecular flexibility index (Phi) is 3.19. The number of hydrogen-bond acceptors (Lipinski definition) is 2. The first kappa shape index (κ1) is 10.4. The van der Waals surface area contributed by atoms with Crippen LogP contribution in [0.3, 0.4) is 0 Å². The van der Waals surface area contributed by atoms with Gasteiger partial charge in [-0.15, -0.1) is 0 Å². The van der Waals surface area contributed by atoms with E-state index in [1.54, 1.807) is 0 Å². The van der Waals surface area contributed by atoms with E-state index in [1.807, 2.05) is 0 Å². The topological polar surface area (TPSA) is 37.4 Å². The molecule has 2 amide bonds. The highest BCUT2D eigenvalue weighted by Gasteiger charge is 2.34. The molecule has 1 aliphatic heterocycles. The van der Waals surface area contributed by atoms with E-state index >= 15 is 0 Å². The molecule has 2 rings (SSSR count). The van der Waals surface area contributed by atoms with E-state index in [0.29, 0.717) is 12.8 Å². The molecular formula is C12H17NO2. The second-order valence-electron chi connectivity index (χ2n) is 4.29. The summed E-state index contributed by atoms with van der Waals surface area (Å²) in [5, 5.41) is 0. The van der Waals surface area contributed by atoms with Crippen molar-refractivity contribution in [3.05, 3.63) is 12.2 Å². The quantitative estimate of drug-likeness (QED) is 0.487. The molecule has 2 aliphatic rings. The number of allylic oxidation sites excluding steroid dienone is 2. The maximum Gasteiger partial charge on any atom is 0.229 e. The van der Waals surface area contributed by atoms with Crippen molar-refractivity contribution in [3.63, 3.8) is 0 Å². The van der Waals surface area contributed by atoms with Crippen molar-refractivity contribution < 1.29 is 9.59 Å². The zero-order valence-corrected chi connectivity index (χ0v) is 8.95. The number of nitrogens with zero attached hydrogens (tertiary/aromatic N) is 1. The molecule has 3 heteroatoms. The van der Waals surface area contributed by atoms with Crippen LogP contribution in [0.4, 0.5) is 0 Å². The molecule has 1 heterocycles. The minimum atomic E-state index is 0.0366. The van der Waals surface area contributed by atoms with Crippen molar-refractivity contribution in [2.75, 3.05) is 0 Å². The van der Waals surface area contributed by atoms with Crippen LogP contribution in [0.2, 0.25) is 0 Å². The van der Waals surface area contributed by atoms with Crippen LogP contribution in [-0.2, 0) is 9.59 Å². The average Bonchev–Trinajstić information content (AvgIpc) is 2.48. The van der Waals surface area contributed by atoms with Gasteiger partial charge in [-0.05, 0) is 32.1 Å². The van der Waals surface area contributed by atoms with Crippen molar-refractivity contribution in [1.29, 1.82) is 0 Å². The summed E-state index contributed by atoms with van der Waals surface area (Å²) in [5.41, 5.74) is 0. The molecule has 0 aromatic carbocycles. The lowest BCUT2D eigenvalue weighted by atomic mass is 10.00. The standard InChI is InChI=1S/C12H17NO2/c14-11-8-9-12(15)13(11)10-6-4-2-1-3-5-7-10/h1-2,10H,3-9H2/b2-1+. The van der Waals surface area contributed by atoms with Gasteiger partial charge in [-0.3, -0.25) is 14.5 Å². The molecule has 0 aromatic rings. The Balaban J connectivity index is 2.04. The van der Waals surface area contributed by atoms with Crippen molar-refractivity contribution in [1.82, 2.24) is 4.90 Å². The number of hydrogen-bond donors (Lipinski definition) is 0. The van der Waals surface area contributed by atoms with Gasteiger partial charge in [0.05, 0.1) is 0 Å². The molecule has 1 atom stereocenters. The van der Waals surface area contributed by atoms with E-state index in [1.165, 1.54) is 4.90 Å². The minimum Gasteiger partial charge on any atom is -0.279 e. The Morgan fingerprint density at radius 2 is 1.67 bits per heavy atom. The lowest BCUT2D eigenvalue weighted by Crippen LogP contribution is -2.39. The number of imide groups is 1. The molecule has 0 spiro atoms. The Morgan fingerprint density at radius 1 is 1.00 bits per heavy atom. The summed E-state index contributed by atoms with van der Waals surface area (Å²) in [6, 6.07) is 0.164. The molecule has 1 aliphatic carbocycles. The molecule has 15 heavy (non-hydrogen) atoms. The lowest BCUT2D eigenvalue weighted by Gasteiger charge is -2.26. The number of rotatable bonds is 1. The van der Waals surface area contributed by atoms with Gasteiger partial charge >= 0.3 is 0 Å². The third-order valence-electron chi connectivity index (χ3n) is 3.20. The third kappa shape index (κ3) is 2.28. The van der Waals surface area contributed by atoms with Gasteiger partial charge in [0.1, 0.15) is 0 Å². The van der Waals surface area contributed by atoms with E-state index < -0.39 is 0 Å². The van der Waals surface area contributed by atoms with Crippen LogP contribution in [-0.4, -0.2) is 22.8 Å². The lowest BCUT2D eigenvalue weighted by molar-refractivity contribution is -0.141. The van der Waals surface area contributed by atoms with Gasteiger partial charge in [0.25, 0.3) is 0 Å². The van der Waals surface area contributed by atoms with Crippen LogP contribution >= 0.6 is 0 Å². The highest BCUT2D eigenvalue weighted by Crippen LogP contribution is 2.23. The van der Waals surface area contributed by atoms with E-state index in [2.05, 4.69) is 12.2 Å². The fourth-order valence-electron chi connectivity index (χ4n) is 2.40. The van der Waals surface area contributed by atoms with Crippen molar-refractivity contribution in [2.45, 2.75) is 51.0 Å². The summed E-state index contributed by atoms with van der Waals surface area (Å²) >= 11 is 0. The Morgan fingerprint density at radius 3 is 2.40 bits per heavy atom.